The first-order valence-electron chi connectivity index (χ1n) is 19.0. The van der Waals surface area contributed by atoms with E-state index in [0.717, 1.165) is 30.4 Å². The van der Waals surface area contributed by atoms with Crippen LogP contribution >= 0.6 is 0 Å². The SMILES string of the molecule is Cc1ccc(CCC(NC(=O)[C@@H]2CCCN2C(=O)[C@@H](Cc2ccccc2)NC(=O)OCc2ccccc2)B2O[C@H]3C[C@@H]4C[C@@H](C4(C)C)[C@]3(C)O2)cc1. The Morgan fingerprint density at radius 1 is 0.904 bits per heavy atom. The van der Waals surface area contributed by atoms with Crippen LogP contribution in [0.2, 0.25) is 0 Å². The van der Waals surface area contributed by atoms with Gasteiger partial charge in [0, 0.05) is 13.0 Å². The minimum atomic E-state index is -0.907. The highest BCUT2D eigenvalue weighted by atomic mass is 16.7. The van der Waals surface area contributed by atoms with Crippen LogP contribution in [-0.4, -0.2) is 66.2 Å². The number of carbonyl (C=O) groups is 3. The lowest BCUT2D eigenvalue weighted by Crippen LogP contribution is -2.65. The highest BCUT2D eigenvalue weighted by Gasteiger charge is 2.68. The zero-order valence-corrected chi connectivity index (χ0v) is 30.9. The molecule has 3 amide bonds. The van der Waals surface area contributed by atoms with E-state index in [1.165, 1.54) is 11.1 Å². The van der Waals surface area contributed by atoms with Gasteiger partial charge in [-0.2, -0.15) is 0 Å². The molecule has 0 radical (unpaired) electrons. The van der Waals surface area contributed by atoms with Crippen LogP contribution in [0, 0.1) is 24.2 Å². The highest BCUT2D eigenvalue weighted by molar-refractivity contribution is 6.48. The Morgan fingerprint density at radius 3 is 2.29 bits per heavy atom. The Labute approximate surface area is 308 Å². The number of nitrogens with zero attached hydrogens (tertiary/aromatic N) is 1. The maximum atomic E-state index is 14.3. The number of rotatable bonds is 12. The summed E-state index contributed by atoms with van der Waals surface area (Å²) in [4.78, 5) is 43.3. The zero-order chi connectivity index (χ0) is 36.5. The summed E-state index contributed by atoms with van der Waals surface area (Å²) in [6.07, 6.45) is 4.28. The van der Waals surface area contributed by atoms with Crippen molar-refractivity contribution >= 4 is 25.0 Å². The molecule has 2 N–H and O–H groups in total. The third-order valence-electron chi connectivity index (χ3n) is 12.4. The molecule has 5 aliphatic rings. The van der Waals surface area contributed by atoms with E-state index in [4.69, 9.17) is 14.0 Å². The molecule has 0 spiro atoms. The second-order valence-corrected chi connectivity index (χ2v) is 16.1. The quantitative estimate of drug-likeness (QED) is 0.217. The van der Waals surface area contributed by atoms with Crippen molar-refractivity contribution in [1.29, 1.82) is 0 Å². The van der Waals surface area contributed by atoms with Crippen LogP contribution in [0.15, 0.2) is 84.9 Å². The van der Waals surface area contributed by atoms with E-state index in [9.17, 15) is 14.4 Å². The van der Waals surface area contributed by atoms with Crippen LogP contribution < -0.4 is 10.6 Å². The molecule has 2 heterocycles. The smallest absolute Gasteiger partial charge is 0.445 e. The maximum Gasteiger partial charge on any atom is 0.481 e. The van der Waals surface area contributed by atoms with E-state index in [1.807, 2.05) is 60.7 Å². The molecule has 7 atom stereocenters. The van der Waals surface area contributed by atoms with Crippen LogP contribution in [0.4, 0.5) is 4.79 Å². The Balaban J connectivity index is 1.06. The van der Waals surface area contributed by atoms with Gasteiger partial charge >= 0.3 is 13.2 Å². The molecule has 2 saturated heterocycles. The molecule has 5 fully saturated rings. The summed E-state index contributed by atoms with van der Waals surface area (Å²) in [6, 6.07) is 25.9. The van der Waals surface area contributed by atoms with E-state index in [0.29, 0.717) is 37.6 Å². The summed E-state index contributed by atoms with van der Waals surface area (Å²) >= 11 is 0. The molecule has 1 unspecified atom stereocenters. The molecule has 274 valence electrons. The number of alkyl carbamates (subject to hydrolysis) is 1. The predicted molar refractivity (Wildman–Crippen MR) is 200 cm³/mol. The second kappa shape index (κ2) is 15.1. The van der Waals surface area contributed by atoms with Crippen molar-refractivity contribution in [2.24, 2.45) is 17.3 Å². The van der Waals surface area contributed by atoms with Crippen LogP contribution in [0.3, 0.4) is 0 Å². The molecule has 3 aromatic carbocycles. The minimum Gasteiger partial charge on any atom is -0.445 e. The van der Waals surface area contributed by atoms with Crippen LogP contribution in [0.1, 0.15) is 75.1 Å². The molecule has 3 aromatic rings. The fraction of sp³-hybridized carbons (Fsp3) is 0.500. The third-order valence-corrected chi connectivity index (χ3v) is 12.4. The molecule has 10 heteroatoms. The topological polar surface area (TPSA) is 106 Å². The number of nitrogens with one attached hydrogen (secondary N) is 2. The molecule has 3 aliphatic carbocycles. The number of hydrogen-bond acceptors (Lipinski definition) is 6. The van der Waals surface area contributed by atoms with Gasteiger partial charge < -0.3 is 29.6 Å². The van der Waals surface area contributed by atoms with Gasteiger partial charge in [-0.3, -0.25) is 9.59 Å². The number of carbonyl (C=O) groups excluding carboxylic acids is 3. The minimum absolute atomic E-state index is 0.0101. The number of benzene rings is 3. The summed E-state index contributed by atoms with van der Waals surface area (Å²) in [6.45, 7) is 9.46. The predicted octanol–water partition coefficient (Wildman–Crippen LogP) is 6.21. The van der Waals surface area contributed by atoms with Crippen molar-refractivity contribution in [3.8, 4) is 0 Å². The lowest BCUT2D eigenvalue weighted by Gasteiger charge is -2.64. The summed E-state index contributed by atoms with van der Waals surface area (Å²) in [5.41, 5.74) is 3.92. The first-order chi connectivity index (χ1) is 25.0. The maximum absolute atomic E-state index is 14.3. The van der Waals surface area contributed by atoms with Gasteiger partial charge in [0.05, 0.1) is 17.6 Å². The molecular weight excluding hydrogens is 653 g/mol. The summed E-state index contributed by atoms with van der Waals surface area (Å²) in [5.74, 6) is 0.0912. The average molecular weight is 706 g/mol. The Morgan fingerprint density at radius 2 is 1.60 bits per heavy atom. The fourth-order valence-electron chi connectivity index (χ4n) is 9.16. The molecule has 2 aliphatic heterocycles. The summed E-state index contributed by atoms with van der Waals surface area (Å²) < 4.78 is 19.1. The summed E-state index contributed by atoms with van der Waals surface area (Å²) in [7, 11) is -0.586. The number of likely N-dealkylation sites (tertiary alicyclic amines) is 1. The van der Waals surface area contributed by atoms with Gasteiger partial charge in [0.25, 0.3) is 0 Å². The number of ether oxygens (including phenoxy) is 1. The van der Waals surface area contributed by atoms with Crippen molar-refractivity contribution in [3.63, 3.8) is 0 Å². The first-order valence-corrected chi connectivity index (χ1v) is 19.0. The monoisotopic (exact) mass is 705 g/mol. The van der Waals surface area contributed by atoms with E-state index in [-0.39, 0.29) is 36.4 Å². The molecule has 3 saturated carbocycles. The van der Waals surface area contributed by atoms with Gasteiger partial charge in [0.15, 0.2) is 0 Å². The van der Waals surface area contributed by atoms with E-state index in [2.05, 4.69) is 62.6 Å². The number of hydrogen-bond donors (Lipinski definition) is 2. The molecule has 9 nitrogen and oxygen atoms in total. The van der Waals surface area contributed by atoms with Crippen LogP contribution in [0.25, 0.3) is 0 Å². The van der Waals surface area contributed by atoms with Gasteiger partial charge in [0.1, 0.15) is 18.7 Å². The summed E-state index contributed by atoms with van der Waals surface area (Å²) in [5, 5.41) is 6.14. The van der Waals surface area contributed by atoms with Gasteiger partial charge in [0.2, 0.25) is 11.8 Å². The van der Waals surface area contributed by atoms with Gasteiger partial charge in [-0.1, -0.05) is 104 Å². The van der Waals surface area contributed by atoms with Crippen molar-refractivity contribution in [3.05, 3.63) is 107 Å². The lowest BCUT2D eigenvalue weighted by molar-refractivity contribution is -0.199. The van der Waals surface area contributed by atoms with Crippen molar-refractivity contribution in [2.45, 2.75) is 109 Å². The number of aryl methyl sites for hydroxylation is 2. The second-order valence-electron chi connectivity index (χ2n) is 16.1. The van der Waals surface area contributed by atoms with Crippen molar-refractivity contribution in [2.75, 3.05) is 6.54 Å². The fourth-order valence-corrected chi connectivity index (χ4v) is 9.16. The average Bonchev–Trinajstić information content (AvgIpc) is 3.78. The zero-order valence-electron chi connectivity index (χ0n) is 30.9. The third kappa shape index (κ3) is 7.51. The van der Waals surface area contributed by atoms with Crippen LogP contribution in [-0.2, 0) is 43.1 Å². The molecular formula is C42H52BN3O6. The van der Waals surface area contributed by atoms with E-state index < -0.39 is 36.8 Å². The Bertz CT molecular complexity index is 1720. The normalized spacial score (nSPS) is 26.8. The lowest BCUT2D eigenvalue weighted by atomic mass is 9.43. The van der Waals surface area contributed by atoms with Gasteiger partial charge in [-0.05, 0) is 86.3 Å². The molecule has 8 rings (SSSR count). The van der Waals surface area contributed by atoms with Crippen LogP contribution in [0.5, 0.6) is 0 Å². The number of amides is 3. The van der Waals surface area contributed by atoms with Gasteiger partial charge in [-0.25, -0.2) is 4.79 Å². The van der Waals surface area contributed by atoms with Crippen molar-refractivity contribution < 1.29 is 28.4 Å². The molecule has 0 aromatic heterocycles. The Kier molecular flexibility index (Phi) is 10.5. The highest BCUT2D eigenvalue weighted by Crippen LogP contribution is 2.65. The Hall–Kier alpha value is -4.15. The van der Waals surface area contributed by atoms with Crippen molar-refractivity contribution in [1.82, 2.24) is 15.5 Å². The standard InChI is InChI=1S/C42H52BN3O6/c1-28-17-19-29(20-18-28)21-22-37(43-51-36-26-32-25-35(41(32,2)3)42(36,4)52-43)45-38(47)34-16-11-23-46(34)39(48)33(24-30-12-7-5-8-13-30)44-40(49)50-27-31-14-9-6-10-15-31/h5-10,12-15,17-20,32-37H,11,16,21-27H2,1-4H3,(H,44,49)(H,45,47)/t32-,33+,34-,35-,36-,37?,42-/m0/s1. The largest absolute Gasteiger partial charge is 0.481 e. The van der Waals surface area contributed by atoms with Gasteiger partial charge in [-0.15, -0.1) is 0 Å². The van der Waals surface area contributed by atoms with E-state index in [1.54, 1.807) is 4.90 Å². The first kappa shape index (κ1) is 36.2. The molecule has 52 heavy (non-hydrogen) atoms. The molecule has 2 bridgehead atoms. The van der Waals surface area contributed by atoms with E-state index >= 15 is 0 Å².